The first-order valence-electron chi connectivity index (χ1n) is 11.3. The second-order valence-electron chi connectivity index (χ2n) is 8.40. The zero-order valence-corrected chi connectivity index (χ0v) is 18.4. The van der Waals surface area contributed by atoms with Crippen LogP contribution in [0.1, 0.15) is 32.6 Å². The van der Waals surface area contributed by atoms with Crippen molar-refractivity contribution in [2.75, 3.05) is 36.0 Å². The number of β-amino-alcohol motifs (C(OH)–C–C–N with tert-alkyl or cyclic N) is 1. The molecule has 0 bridgehead atoms. The Kier molecular flexibility index (Phi) is 7.01. The fourth-order valence-electron chi connectivity index (χ4n) is 4.62. The van der Waals surface area contributed by atoms with Crippen LogP contribution in [0.3, 0.4) is 0 Å². The number of rotatable bonds is 7. The Morgan fingerprint density at radius 3 is 2.53 bits per heavy atom. The fraction of sp³-hybridized carbons (Fsp3) is 0.480. The van der Waals surface area contributed by atoms with Gasteiger partial charge in [-0.25, -0.2) is 4.39 Å². The van der Waals surface area contributed by atoms with Crippen LogP contribution >= 0.6 is 0 Å². The molecule has 2 heterocycles. The summed E-state index contributed by atoms with van der Waals surface area (Å²) in [6, 6.07) is 15.0. The lowest BCUT2D eigenvalue weighted by Crippen LogP contribution is -2.38. The molecule has 0 amide bonds. The van der Waals surface area contributed by atoms with E-state index in [9.17, 15) is 9.50 Å². The maximum Gasteiger partial charge on any atom is 0.146 e. The molecule has 2 aromatic carbocycles. The summed E-state index contributed by atoms with van der Waals surface area (Å²) < 4.78 is 26.0. The third-order valence-corrected chi connectivity index (χ3v) is 6.20. The lowest BCUT2D eigenvalue weighted by Gasteiger charge is -2.34. The Bertz CT molecular complexity index is 938. The van der Waals surface area contributed by atoms with E-state index in [4.69, 9.17) is 14.7 Å². The third-order valence-electron chi connectivity index (χ3n) is 6.20. The molecule has 2 aromatic rings. The summed E-state index contributed by atoms with van der Waals surface area (Å²) in [4.78, 5) is 4.15. The number of hydrogen-bond donors (Lipinski definition) is 1. The lowest BCUT2D eigenvalue weighted by atomic mass is 10.1. The minimum atomic E-state index is -0.395. The smallest absolute Gasteiger partial charge is 0.146 e. The molecule has 2 fully saturated rings. The molecule has 2 aliphatic rings. The molecule has 2 aliphatic heterocycles. The van der Waals surface area contributed by atoms with Crippen LogP contribution in [-0.4, -0.2) is 49.6 Å². The van der Waals surface area contributed by atoms with Crippen molar-refractivity contribution in [2.45, 2.75) is 50.9 Å². The first kappa shape index (κ1) is 22.2. The Balaban J connectivity index is 1.33. The molecule has 6 nitrogen and oxygen atoms in total. The topological polar surface area (TPSA) is 69.0 Å². The zero-order valence-electron chi connectivity index (χ0n) is 18.4. The summed E-state index contributed by atoms with van der Waals surface area (Å²) >= 11 is 0. The number of hydrogen-bond acceptors (Lipinski definition) is 6. The molecule has 0 spiro atoms. The quantitative estimate of drug-likeness (QED) is 0.700. The van der Waals surface area contributed by atoms with Gasteiger partial charge in [0.25, 0.3) is 0 Å². The first-order valence-corrected chi connectivity index (χ1v) is 11.3. The fourth-order valence-corrected chi connectivity index (χ4v) is 4.62. The molecule has 0 saturated carbocycles. The van der Waals surface area contributed by atoms with Gasteiger partial charge in [-0.1, -0.05) is 0 Å². The van der Waals surface area contributed by atoms with Crippen molar-refractivity contribution in [1.29, 1.82) is 5.26 Å². The number of ether oxygens (including phenoxy) is 2. The van der Waals surface area contributed by atoms with Gasteiger partial charge in [-0.05, 0) is 49.7 Å². The number of benzene rings is 2. The molecule has 4 rings (SSSR count). The van der Waals surface area contributed by atoms with Gasteiger partial charge in [-0.2, -0.15) is 5.26 Å². The molecule has 0 aromatic heterocycles. The second kappa shape index (κ2) is 10.1. The molecule has 2 atom stereocenters. The van der Waals surface area contributed by atoms with Crippen molar-refractivity contribution in [1.82, 2.24) is 0 Å². The Labute approximate surface area is 188 Å². The minimum absolute atomic E-state index is 0.0488. The van der Waals surface area contributed by atoms with Gasteiger partial charge in [0, 0.05) is 50.3 Å². The highest BCUT2D eigenvalue weighted by Gasteiger charge is 2.31. The molecule has 2 saturated heterocycles. The summed E-state index contributed by atoms with van der Waals surface area (Å²) in [5.41, 5.74) is 1.58. The highest BCUT2D eigenvalue weighted by atomic mass is 19.1. The number of halogens is 1. The van der Waals surface area contributed by atoms with Crippen molar-refractivity contribution in [3.63, 3.8) is 0 Å². The Morgan fingerprint density at radius 2 is 1.84 bits per heavy atom. The number of aliphatic hydroxyl groups excluding tert-OH is 1. The van der Waals surface area contributed by atoms with Crippen LogP contribution in [0.15, 0.2) is 42.5 Å². The maximum atomic E-state index is 14.3. The van der Waals surface area contributed by atoms with E-state index in [1.54, 1.807) is 12.1 Å². The summed E-state index contributed by atoms with van der Waals surface area (Å²) in [6.45, 7) is 4.45. The normalized spacial score (nSPS) is 21.4. The predicted octanol–water partition coefficient (Wildman–Crippen LogP) is 4.13. The van der Waals surface area contributed by atoms with Gasteiger partial charge in [0.15, 0.2) is 0 Å². The molecule has 0 unspecified atom stereocenters. The number of anilines is 2. The summed E-state index contributed by atoms with van der Waals surface area (Å²) in [5, 5.41) is 19.0. The van der Waals surface area contributed by atoms with Gasteiger partial charge in [-0.15, -0.1) is 0 Å². The van der Waals surface area contributed by atoms with Crippen molar-refractivity contribution < 1.29 is 19.0 Å². The summed E-state index contributed by atoms with van der Waals surface area (Å²) in [6.07, 6.45) is 2.33. The van der Waals surface area contributed by atoms with E-state index in [0.717, 1.165) is 37.4 Å². The highest BCUT2D eigenvalue weighted by Crippen LogP contribution is 2.31. The van der Waals surface area contributed by atoms with Gasteiger partial charge in [0.05, 0.1) is 30.9 Å². The summed E-state index contributed by atoms with van der Waals surface area (Å²) in [7, 11) is 0. The molecule has 170 valence electrons. The average Bonchev–Trinajstić information content (AvgIpc) is 3.17. The molecule has 1 N–H and O–H groups in total. The second-order valence-corrected chi connectivity index (χ2v) is 8.40. The van der Waals surface area contributed by atoms with Gasteiger partial charge in [0.2, 0.25) is 0 Å². The predicted molar refractivity (Wildman–Crippen MR) is 122 cm³/mol. The lowest BCUT2D eigenvalue weighted by molar-refractivity contribution is 0.170. The Morgan fingerprint density at radius 1 is 1.12 bits per heavy atom. The standard InChI is InChI=1S/C25H30FN3O3/c1-2-31-23-7-8-24(26)25(16-23)28-13-10-22(11-14-28)32-21-5-3-18(4-6-21)29-17-20(30)15-19(29)9-12-27/h3-8,16,19-20,22,30H,2,9-11,13-15,17H2,1H3/t19-,20-/m0/s1. The number of nitriles is 1. The first-order chi connectivity index (χ1) is 15.6. The van der Waals surface area contributed by atoms with Crippen molar-refractivity contribution >= 4 is 11.4 Å². The molecular weight excluding hydrogens is 409 g/mol. The van der Waals surface area contributed by atoms with E-state index < -0.39 is 6.10 Å². The van der Waals surface area contributed by atoms with E-state index in [1.807, 2.05) is 31.2 Å². The van der Waals surface area contributed by atoms with Crippen LogP contribution in [0.4, 0.5) is 15.8 Å². The molecule has 0 radical (unpaired) electrons. The monoisotopic (exact) mass is 439 g/mol. The number of nitrogens with zero attached hydrogens (tertiary/aromatic N) is 3. The largest absolute Gasteiger partial charge is 0.494 e. The van der Waals surface area contributed by atoms with Crippen LogP contribution < -0.4 is 19.3 Å². The van der Waals surface area contributed by atoms with Crippen LogP contribution in [-0.2, 0) is 0 Å². The van der Waals surface area contributed by atoms with Gasteiger partial charge in [0.1, 0.15) is 23.4 Å². The Hall–Kier alpha value is -2.98. The number of aliphatic hydroxyl groups is 1. The van der Waals surface area contributed by atoms with Crippen LogP contribution in [0.2, 0.25) is 0 Å². The van der Waals surface area contributed by atoms with Crippen molar-refractivity contribution in [3.05, 3.63) is 48.3 Å². The van der Waals surface area contributed by atoms with Crippen LogP contribution in [0, 0.1) is 17.1 Å². The van der Waals surface area contributed by atoms with E-state index in [2.05, 4.69) is 15.9 Å². The maximum absolute atomic E-state index is 14.3. The average molecular weight is 440 g/mol. The van der Waals surface area contributed by atoms with E-state index in [-0.39, 0.29) is 18.0 Å². The van der Waals surface area contributed by atoms with E-state index in [1.165, 1.54) is 6.07 Å². The van der Waals surface area contributed by atoms with Gasteiger partial charge >= 0.3 is 0 Å². The summed E-state index contributed by atoms with van der Waals surface area (Å²) in [5.74, 6) is 1.25. The highest BCUT2D eigenvalue weighted by molar-refractivity contribution is 5.53. The van der Waals surface area contributed by atoms with Crippen molar-refractivity contribution in [3.8, 4) is 17.6 Å². The molecular formula is C25H30FN3O3. The van der Waals surface area contributed by atoms with Crippen LogP contribution in [0.5, 0.6) is 11.5 Å². The molecule has 7 heteroatoms. The van der Waals surface area contributed by atoms with Gasteiger partial charge in [-0.3, -0.25) is 0 Å². The molecule has 0 aliphatic carbocycles. The van der Waals surface area contributed by atoms with E-state index in [0.29, 0.717) is 37.4 Å². The molecule has 32 heavy (non-hydrogen) atoms. The zero-order chi connectivity index (χ0) is 22.5. The van der Waals surface area contributed by atoms with E-state index >= 15 is 0 Å². The minimum Gasteiger partial charge on any atom is -0.494 e. The van der Waals surface area contributed by atoms with Crippen molar-refractivity contribution in [2.24, 2.45) is 0 Å². The SMILES string of the molecule is CCOc1ccc(F)c(N2CCC(Oc3ccc(N4C[C@@H](O)C[C@@H]4CC#N)cc3)CC2)c1. The van der Waals surface area contributed by atoms with Crippen LogP contribution in [0.25, 0.3) is 0 Å². The third kappa shape index (κ3) is 5.08. The van der Waals surface area contributed by atoms with Gasteiger partial charge < -0.3 is 24.4 Å². The number of piperidine rings is 1.